The highest BCUT2D eigenvalue weighted by Gasteiger charge is 2.15. The second-order valence-corrected chi connectivity index (χ2v) is 5.15. The number of aromatic nitrogens is 2. The highest BCUT2D eigenvalue weighted by molar-refractivity contribution is 7.99. The van der Waals surface area contributed by atoms with Crippen molar-refractivity contribution in [2.75, 3.05) is 0 Å². The topological polar surface area (TPSA) is 66.0 Å². The van der Waals surface area contributed by atoms with E-state index in [2.05, 4.69) is 9.97 Å². The molecule has 0 radical (unpaired) electrons. The van der Waals surface area contributed by atoms with E-state index in [1.54, 1.807) is 19.1 Å². The molecule has 0 spiro atoms. The van der Waals surface area contributed by atoms with Crippen molar-refractivity contribution in [3.05, 3.63) is 51.7 Å². The number of nitrogens with zero attached hydrogens (tertiary/aromatic N) is 1. The maximum Gasteiger partial charge on any atom is 0.251 e. The molecule has 1 heterocycles. The zero-order valence-electron chi connectivity index (χ0n) is 10.5. The molecule has 6 heteroatoms. The van der Waals surface area contributed by atoms with Gasteiger partial charge in [0.2, 0.25) is 0 Å². The third-order valence-electron chi connectivity index (χ3n) is 2.49. The van der Waals surface area contributed by atoms with Gasteiger partial charge in [-0.25, -0.2) is 9.37 Å². The zero-order valence-corrected chi connectivity index (χ0v) is 11.3. The average Bonchev–Trinajstić information content (AvgIpc) is 2.26. The number of hydrogen-bond donors (Lipinski definition) is 2. The lowest BCUT2D eigenvalue weighted by molar-refractivity contribution is 0.191. The minimum absolute atomic E-state index is 0.205. The normalized spacial score (nSPS) is 12.4. The van der Waals surface area contributed by atoms with Crippen LogP contribution in [-0.4, -0.2) is 15.1 Å². The van der Waals surface area contributed by atoms with E-state index >= 15 is 0 Å². The number of aliphatic hydroxyl groups excluding tert-OH is 1. The quantitative estimate of drug-likeness (QED) is 0.847. The van der Waals surface area contributed by atoms with E-state index in [0.717, 1.165) is 11.8 Å². The van der Waals surface area contributed by atoms with Crippen LogP contribution in [0.1, 0.15) is 24.3 Å². The first kappa shape index (κ1) is 13.8. The van der Waals surface area contributed by atoms with Crippen molar-refractivity contribution in [1.29, 1.82) is 0 Å². The first-order chi connectivity index (χ1) is 8.97. The van der Waals surface area contributed by atoms with Crippen LogP contribution in [0.3, 0.4) is 0 Å². The molecule has 0 aliphatic carbocycles. The molecule has 0 aliphatic heterocycles. The van der Waals surface area contributed by atoms with Crippen LogP contribution in [0.5, 0.6) is 0 Å². The molecule has 2 aromatic rings. The molecule has 0 amide bonds. The summed E-state index contributed by atoms with van der Waals surface area (Å²) in [6, 6.07) is 5.90. The van der Waals surface area contributed by atoms with Gasteiger partial charge in [-0.1, -0.05) is 17.8 Å². The number of H-pyrrole nitrogens is 1. The van der Waals surface area contributed by atoms with Crippen molar-refractivity contribution in [1.82, 2.24) is 9.97 Å². The van der Waals surface area contributed by atoms with Gasteiger partial charge in [-0.3, -0.25) is 4.79 Å². The molecule has 0 bridgehead atoms. The summed E-state index contributed by atoms with van der Waals surface area (Å²) in [5.41, 5.74) is 0.530. The Morgan fingerprint density at radius 3 is 2.84 bits per heavy atom. The van der Waals surface area contributed by atoms with Crippen LogP contribution in [0, 0.1) is 12.7 Å². The highest BCUT2D eigenvalue weighted by Crippen LogP contribution is 2.32. The van der Waals surface area contributed by atoms with E-state index in [-0.39, 0.29) is 11.1 Å². The molecule has 0 saturated carbocycles. The summed E-state index contributed by atoms with van der Waals surface area (Å²) in [6.45, 7) is 3.20. The minimum Gasteiger partial charge on any atom is -0.389 e. The number of benzene rings is 1. The largest absolute Gasteiger partial charge is 0.389 e. The Bertz CT molecular complexity index is 655. The molecular formula is C13H13FN2O2S. The summed E-state index contributed by atoms with van der Waals surface area (Å²) >= 11 is 1.12. The molecule has 0 aliphatic rings. The van der Waals surface area contributed by atoms with E-state index in [1.165, 1.54) is 19.1 Å². The van der Waals surface area contributed by atoms with E-state index < -0.39 is 11.9 Å². The first-order valence-corrected chi connectivity index (χ1v) is 6.51. The van der Waals surface area contributed by atoms with E-state index in [4.69, 9.17) is 0 Å². The maximum atomic E-state index is 13.7. The van der Waals surface area contributed by atoms with E-state index in [1.807, 2.05) is 0 Å². The zero-order chi connectivity index (χ0) is 14.0. The molecule has 0 unspecified atom stereocenters. The fourth-order valence-electron chi connectivity index (χ4n) is 1.72. The summed E-state index contributed by atoms with van der Waals surface area (Å²) in [6.07, 6.45) is -0.930. The average molecular weight is 280 g/mol. The predicted octanol–water partition coefficient (Wildman–Crippen LogP) is 2.42. The number of nitrogens with one attached hydrogen (secondary N) is 1. The second kappa shape index (κ2) is 5.54. The Kier molecular flexibility index (Phi) is 4.01. The lowest BCUT2D eigenvalue weighted by atomic mass is 10.1. The molecule has 100 valence electrons. The molecule has 2 N–H and O–H groups in total. The molecule has 1 aromatic carbocycles. The molecule has 19 heavy (non-hydrogen) atoms. The summed E-state index contributed by atoms with van der Waals surface area (Å²) in [5, 5.41) is 10.00. The van der Waals surface area contributed by atoms with Crippen LogP contribution in [0.2, 0.25) is 0 Å². The first-order valence-electron chi connectivity index (χ1n) is 5.69. The Balaban J connectivity index is 2.43. The van der Waals surface area contributed by atoms with Gasteiger partial charge in [0.05, 0.1) is 6.10 Å². The highest BCUT2D eigenvalue weighted by atomic mass is 32.2. The van der Waals surface area contributed by atoms with Gasteiger partial charge in [0, 0.05) is 22.2 Å². The van der Waals surface area contributed by atoms with Crippen molar-refractivity contribution < 1.29 is 9.50 Å². The smallest absolute Gasteiger partial charge is 0.251 e. The second-order valence-electron chi connectivity index (χ2n) is 4.12. The monoisotopic (exact) mass is 280 g/mol. The Morgan fingerprint density at radius 1 is 1.47 bits per heavy atom. The van der Waals surface area contributed by atoms with Crippen molar-refractivity contribution in [2.45, 2.75) is 30.0 Å². The molecule has 2 rings (SSSR count). The molecular weight excluding hydrogens is 267 g/mol. The van der Waals surface area contributed by atoms with Crippen molar-refractivity contribution >= 4 is 11.8 Å². The van der Waals surface area contributed by atoms with Crippen LogP contribution in [0.15, 0.2) is 39.1 Å². The predicted molar refractivity (Wildman–Crippen MR) is 70.8 cm³/mol. The molecule has 1 aromatic heterocycles. The Hall–Kier alpha value is -1.66. The summed E-state index contributed by atoms with van der Waals surface area (Å²) in [4.78, 5) is 18.6. The Morgan fingerprint density at radius 2 is 2.21 bits per heavy atom. The molecule has 4 nitrogen and oxygen atoms in total. The van der Waals surface area contributed by atoms with Crippen LogP contribution in [-0.2, 0) is 0 Å². The van der Waals surface area contributed by atoms with Crippen LogP contribution >= 0.6 is 11.8 Å². The van der Waals surface area contributed by atoms with Crippen molar-refractivity contribution in [3.63, 3.8) is 0 Å². The van der Waals surface area contributed by atoms with Gasteiger partial charge >= 0.3 is 0 Å². The van der Waals surface area contributed by atoms with Crippen LogP contribution in [0.25, 0.3) is 0 Å². The number of aromatic amines is 1. The van der Waals surface area contributed by atoms with Gasteiger partial charge in [0.25, 0.3) is 5.56 Å². The third kappa shape index (κ3) is 3.21. The summed E-state index contributed by atoms with van der Waals surface area (Å²) < 4.78 is 13.7. The van der Waals surface area contributed by atoms with Gasteiger partial charge in [0.15, 0.2) is 5.16 Å². The molecule has 0 fully saturated rings. The number of rotatable bonds is 3. The van der Waals surface area contributed by atoms with E-state index in [9.17, 15) is 14.3 Å². The van der Waals surface area contributed by atoms with Gasteiger partial charge in [-0.2, -0.15) is 0 Å². The lowest BCUT2D eigenvalue weighted by Gasteiger charge is -2.12. The van der Waals surface area contributed by atoms with Crippen LogP contribution < -0.4 is 5.56 Å². The van der Waals surface area contributed by atoms with Gasteiger partial charge < -0.3 is 10.1 Å². The van der Waals surface area contributed by atoms with Crippen molar-refractivity contribution in [3.8, 4) is 0 Å². The number of aliphatic hydroxyl groups is 1. The lowest BCUT2D eigenvalue weighted by Crippen LogP contribution is -2.08. The van der Waals surface area contributed by atoms with Crippen LogP contribution in [0.4, 0.5) is 4.39 Å². The maximum absolute atomic E-state index is 13.7. The third-order valence-corrected chi connectivity index (χ3v) is 3.45. The SMILES string of the molecule is Cc1cc(=O)[nH]c(Sc2cccc(F)c2[C@@H](C)O)n1. The summed E-state index contributed by atoms with van der Waals surface area (Å²) in [7, 11) is 0. The van der Waals surface area contributed by atoms with Gasteiger partial charge in [-0.05, 0) is 26.0 Å². The summed E-state index contributed by atoms with van der Waals surface area (Å²) in [5.74, 6) is -0.477. The van der Waals surface area contributed by atoms with Gasteiger partial charge in [-0.15, -0.1) is 0 Å². The minimum atomic E-state index is -0.930. The number of halogens is 1. The standard InChI is InChI=1S/C13H13FN2O2S/c1-7-6-11(18)16-13(15-7)19-10-5-3-4-9(14)12(10)8(2)17/h3-6,8,17H,1-2H3,(H,15,16,18)/t8-/m1/s1. The van der Waals surface area contributed by atoms with E-state index in [0.29, 0.717) is 15.7 Å². The fraction of sp³-hybridized carbons (Fsp3) is 0.231. The van der Waals surface area contributed by atoms with Crippen molar-refractivity contribution in [2.24, 2.45) is 0 Å². The number of aryl methyl sites for hydroxylation is 1. The number of hydrogen-bond acceptors (Lipinski definition) is 4. The fourth-order valence-corrected chi connectivity index (χ4v) is 2.79. The molecule has 1 atom stereocenters. The molecule has 0 saturated heterocycles. The van der Waals surface area contributed by atoms with Gasteiger partial charge in [0.1, 0.15) is 5.82 Å². The Labute approximate surface area is 113 Å².